The molecule has 1 aliphatic heterocycles. The Balaban J connectivity index is 1.40. The number of nitrogens with one attached hydrogen (secondary N) is 1. The van der Waals surface area contributed by atoms with E-state index in [2.05, 4.69) is 22.0 Å². The minimum atomic E-state index is -0.400. The van der Waals surface area contributed by atoms with Gasteiger partial charge >= 0.3 is 5.97 Å². The number of esters is 1. The SMILES string of the molecule is CCN1CCN(c2ccc(NC(=O)COC(=O)CSc3cc(C)ccc3C)cc2)CC1. The van der Waals surface area contributed by atoms with Crippen LogP contribution in [0.15, 0.2) is 47.4 Å². The van der Waals surface area contributed by atoms with Crippen molar-refractivity contribution >= 4 is 35.0 Å². The van der Waals surface area contributed by atoms with Crippen molar-refractivity contribution in [3.63, 3.8) is 0 Å². The van der Waals surface area contributed by atoms with Gasteiger partial charge in [0.15, 0.2) is 6.61 Å². The number of hydrogen-bond acceptors (Lipinski definition) is 6. The number of likely N-dealkylation sites (N-methyl/N-ethyl adjacent to an activating group) is 1. The van der Waals surface area contributed by atoms with Crippen LogP contribution < -0.4 is 10.2 Å². The highest BCUT2D eigenvalue weighted by Crippen LogP contribution is 2.23. The molecule has 0 radical (unpaired) electrons. The summed E-state index contributed by atoms with van der Waals surface area (Å²) in [6.45, 7) is 11.2. The van der Waals surface area contributed by atoms with Gasteiger partial charge in [0.2, 0.25) is 0 Å². The van der Waals surface area contributed by atoms with E-state index in [1.165, 1.54) is 11.8 Å². The molecular weight excluding hydrogens is 410 g/mol. The average molecular weight is 442 g/mol. The van der Waals surface area contributed by atoms with Gasteiger partial charge in [-0.2, -0.15) is 0 Å². The first-order chi connectivity index (χ1) is 14.9. The highest BCUT2D eigenvalue weighted by molar-refractivity contribution is 8.00. The van der Waals surface area contributed by atoms with E-state index >= 15 is 0 Å². The summed E-state index contributed by atoms with van der Waals surface area (Å²) < 4.78 is 5.12. The fourth-order valence-corrected chi connectivity index (χ4v) is 4.38. The summed E-state index contributed by atoms with van der Waals surface area (Å²) in [6.07, 6.45) is 0. The Morgan fingerprint density at radius 1 is 1.03 bits per heavy atom. The van der Waals surface area contributed by atoms with Crippen molar-refractivity contribution in [1.29, 1.82) is 0 Å². The number of carbonyl (C=O) groups is 2. The van der Waals surface area contributed by atoms with Crippen LogP contribution in [0.5, 0.6) is 0 Å². The first kappa shape index (κ1) is 23.2. The number of amides is 1. The lowest BCUT2D eigenvalue weighted by molar-refractivity contribution is -0.144. The zero-order valence-electron chi connectivity index (χ0n) is 18.5. The molecule has 2 aromatic rings. The largest absolute Gasteiger partial charge is 0.455 e. The number of benzene rings is 2. The van der Waals surface area contributed by atoms with Crippen molar-refractivity contribution in [3.8, 4) is 0 Å². The molecule has 0 aromatic heterocycles. The molecule has 0 aliphatic carbocycles. The van der Waals surface area contributed by atoms with Gasteiger partial charge in [-0.1, -0.05) is 24.6 Å². The van der Waals surface area contributed by atoms with E-state index in [0.29, 0.717) is 5.69 Å². The van der Waals surface area contributed by atoms with Gasteiger partial charge in [-0.3, -0.25) is 9.59 Å². The number of piperazine rings is 1. The zero-order valence-corrected chi connectivity index (χ0v) is 19.3. The lowest BCUT2D eigenvalue weighted by atomic mass is 10.2. The lowest BCUT2D eigenvalue weighted by Crippen LogP contribution is -2.46. The minimum Gasteiger partial charge on any atom is -0.455 e. The minimum absolute atomic E-state index is 0.178. The Labute approximate surface area is 188 Å². The van der Waals surface area contributed by atoms with Crippen molar-refractivity contribution in [2.75, 3.05) is 55.3 Å². The first-order valence-electron chi connectivity index (χ1n) is 10.7. The fraction of sp³-hybridized carbons (Fsp3) is 0.417. The van der Waals surface area contributed by atoms with Crippen molar-refractivity contribution in [2.45, 2.75) is 25.7 Å². The van der Waals surface area contributed by atoms with Gasteiger partial charge < -0.3 is 19.9 Å². The van der Waals surface area contributed by atoms with E-state index in [9.17, 15) is 9.59 Å². The molecular formula is C24H31N3O3S. The third kappa shape index (κ3) is 7.01. The molecule has 1 aliphatic rings. The fourth-order valence-electron chi connectivity index (χ4n) is 3.46. The number of carbonyl (C=O) groups excluding carboxylic acids is 2. The van der Waals surface area contributed by atoms with Crippen LogP contribution in [0.25, 0.3) is 0 Å². The molecule has 3 rings (SSSR count). The lowest BCUT2D eigenvalue weighted by Gasteiger charge is -2.35. The van der Waals surface area contributed by atoms with Crippen LogP contribution in [0.4, 0.5) is 11.4 Å². The summed E-state index contributed by atoms with van der Waals surface area (Å²) in [6, 6.07) is 13.9. The van der Waals surface area contributed by atoms with Crippen LogP contribution in [0.2, 0.25) is 0 Å². The van der Waals surface area contributed by atoms with Gasteiger partial charge in [-0.25, -0.2) is 0 Å². The monoisotopic (exact) mass is 441 g/mol. The van der Waals surface area contributed by atoms with Crippen LogP contribution in [-0.4, -0.2) is 61.9 Å². The van der Waals surface area contributed by atoms with Gasteiger partial charge in [0.1, 0.15) is 0 Å². The predicted octanol–water partition coefficient (Wildman–Crippen LogP) is 3.72. The number of ether oxygens (including phenoxy) is 1. The molecule has 1 saturated heterocycles. The molecule has 1 fully saturated rings. The molecule has 2 aromatic carbocycles. The molecule has 7 heteroatoms. The van der Waals surface area contributed by atoms with Gasteiger partial charge in [0.25, 0.3) is 5.91 Å². The molecule has 1 N–H and O–H groups in total. The third-order valence-electron chi connectivity index (χ3n) is 5.39. The molecule has 1 heterocycles. The number of anilines is 2. The average Bonchev–Trinajstić information content (AvgIpc) is 2.79. The number of nitrogens with zero attached hydrogens (tertiary/aromatic N) is 2. The van der Waals surface area contributed by atoms with E-state index < -0.39 is 5.97 Å². The quantitative estimate of drug-likeness (QED) is 0.498. The van der Waals surface area contributed by atoms with Gasteiger partial charge in [0.05, 0.1) is 5.75 Å². The molecule has 1 amide bonds. The van der Waals surface area contributed by atoms with Crippen molar-refractivity contribution < 1.29 is 14.3 Å². The summed E-state index contributed by atoms with van der Waals surface area (Å²) in [5.41, 5.74) is 4.12. The smallest absolute Gasteiger partial charge is 0.316 e. The van der Waals surface area contributed by atoms with Gasteiger partial charge in [-0.15, -0.1) is 11.8 Å². The number of rotatable bonds is 8. The maximum absolute atomic E-state index is 12.1. The highest BCUT2D eigenvalue weighted by Gasteiger charge is 2.16. The van der Waals surface area contributed by atoms with E-state index in [1.807, 2.05) is 56.3 Å². The van der Waals surface area contributed by atoms with Crippen LogP contribution in [-0.2, 0) is 14.3 Å². The Bertz CT molecular complexity index is 893. The highest BCUT2D eigenvalue weighted by atomic mass is 32.2. The Hall–Kier alpha value is -2.51. The molecule has 0 spiro atoms. The summed E-state index contributed by atoms with van der Waals surface area (Å²) in [5, 5.41) is 2.78. The second kappa shape index (κ2) is 11.2. The Morgan fingerprint density at radius 3 is 2.42 bits per heavy atom. The molecule has 6 nitrogen and oxygen atoms in total. The van der Waals surface area contributed by atoms with E-state index in [-0.39, 0.29) is 18.3 Å². The molecule has 31 heavy (non-hydrogen) atoms. The van der Waals surface area contributed by atoms with E-state index in [1.54, 1.807) is 0 Å². The standard InChI is InChI=1S/C24H31N3O3S/c1-4-26-11-13-27(14-12-26)21-9-7-20(8-10-21)25-23(28)16-30-24(29)17-31-22-15-18(2)5-6-19(22)3/h5-10,15H,4,11-14,16-17H2,1-3H3,(H,25,28). The zero-order chi connectivity index (χ0) is 22.2. The molecule has 0 atom stereocenters. The maximum atomic E-state index is 12.1. The summed E-state index contributed by atoms with van der Waals surface area (Å²) >= 11 is 1.43. The number of thioether (sulfide) groups is 1. The van der Waals surface area contributed by atoms with E-state index in [0.717, 1.165) is 54.4 Å². The molecule has 0 unspecified atom stereocenters. The van der Waals surface area contributed by atoms with Crippen molar-refractivity contribution in [2.24, 2.45) is 0 Å². The van der Waals surface area contributed by atoms with E-state index in [4.69, 9.17) is 4.74 Å². The number of hydrogen-bond donors (Lipinski definition) is 1. The Kier molecular flexibility index (Phi) is 8.37. The first-order valence-corrected chi connectivity index (χ1v) is 11.7. The summed E-state index contributed by atoms with van der Waals surface area (Å²) in [5.74, 6) is -0.561. The summed E-state index contributed by atoms with van der Waals surface area (Å²) in [4.78, 5) is 30.0. The summed E-state index contributed by atoms with van der Waals surface area (Å²) in [7, 11) is 0. The normalized spacial score (nSPS) is 14.4. The topological polar surface area (TPSA) is 61.9 Å². The van der Waals surface area contributed by atoms with Crippen LogP contribution in [0.3, 0.4) is 0 Å². The van der Waals surface area contributed by atoms with Crippen molar-refractivity contribution in [3.05, 3.63) is 53.6 Å². The molecule has 166 valence electrons. The Morgan fingerprint density at radius 2 is 1.74 bits per heavy atom. The second-order valence-corrected chi connectivity index (χ2v) is 8.75. The maximum Gasteiger partial charge on any atom is 0.316 e. The van der Waals surface area contributed by atoms with Gasteiger partial charge in [-0.05, 0) is 56.3 Å². The third-order valence-corrected chi connectivity index (χ3v) is 6.52. The van der Waals surface area contributed by atoms with Crippen LogP contribution in [0.1, 0.15) is 18.1 Å². The van der Waals surface area contributed by atoms with Crippen LogP contribution >= 0.6 is 11.8 Å². The van der Waals surface area contributed by atoms with Crippen LogP contribution in [0, 0.1) is 13.8 Å². The molecule has 0 bridgehead atoms. The molecule has 0 saturated carbocycles. The number of aryl methyl sites for hydroxylation is 2. The van der Waals surface area contributed by atoms with Gasteiger partial charge in [0, 0.05) is 42.4 Å². The second-order valence-electron chi connectivity index (χ2n) is 7.73. The predicted molar refractivity (Wildman–Crippen MR) is 127 cm³/mol. The van der Waals surface area contributed by atoms with Crippen molar-refractivity contribution in [1.82, 2.24) is 4.90 Å².